The van der Waals surface area contributed by atoms with E-state index >= 15 is 0 Å². The smallest absolute Gasteiger partial charge is 0.216 e. The number of hydrogen-bond donors (Lipinski definition) is 1. The van der Waals surface area contributed by atoms with Crippen molar-refractivity contribution in [2.24, 2.45) is 17.6 Å². The lowest BCUT2D eigenvalue weighted by Gasteiger charge is -2.08. The summed E-state index contributed by atoms with van der Waals surface area (Å²) in [5.41, 5.74) is 6.44. The summed E-state index contributed by atoms with van der Waals surface area (Å²) < 4.78 is 18.0. The van der Waals surface area contributed by atoms with Gasteiger partial charge in [-0.25, -0.2) is 4.98 Å². The third-order valence-corrected chi connectivity index (χ3v) is 3.64. The van der Waals surface area contributed by atoms with E-state index in [0.717, 1.165) is 30.8 Å². The highest BCUT2D eigenvalue weighted by atomic mass is 19.1. The molecular formula is C13H18FN3O. The number of ether oxygens (including phenoxy) is 1. The summed E-state index contributed by atoms with van der Waals surface area (Å²) in [5, 5.41) is 0. The van der Waals surface area contributed by atoms with Crippen LogP contribution in [0.2, 0.25) is 0 Å². The van der Waals surface area contributed by atoms with Gasteiger partial charge in [0.25, 0.3) is 0 Å². The van der Waals surface area contributed by atoms with E-state index in [1.807, 2.05) is 0 Å². The van der Waals surface area contributed by atoms with Crippen LogP contribution in [-0.4, -0.2) is 23.2 Å². The quantitative estimate of drug-likeness (QED) is 0.837. The molecule has 2 aliphatic rings. The molecule has 0 aliphatic heterocycles. The first-order chi connectivity index (χ1) is 8.80. The van der Waals surface area contributed by atoms with Crippen LogP contribution in [0.3, 0.4) is 0 Å². The molecule has 2 saturated carbocycles. The van der Waals surface area contributed by atoms with Crippen LogP contribution in [0, 0.1) is 11.8 Å². The van der Waals surface area contributed by atoms with Crippen molar-refractivity contribution in [1.82, 2.24) is 9.97 Å². The van der Waals surface area contributed by atoms with Crippen LogP contribution in [0.25, 0.3) is 0 Å². The summed E-state index contributed by atoms with van der Waals surface area (Å²) in [4.78, 5) is 8.82. The van der Waals surface area contributed by atoms with Gasteiger partial charge in [-0.15, -0.1) is 0 Å². The van der Waals surface area contributed by atoms with Crippen LogP contribution >= 0.6 is 0 Å². The van der Waals surface area contributed by atoms with Gasteiger partial charge >= 0.3 is 0 Å². The van der Waals surface area contributed by atoms with Crippen molar-refractivity contribution in [3.05, 3.63) is 17.6 Å². The van der Waals surface area contributed by atoms with Gasteiger partial charge in [-0.1, -0.05) is 0 Å². The van der Waals surface area contributed by atoms with Crippen molar-refractivity contribution in [2.75, 3.05) is 13.3 Å². The number of nitrogens with two attached hydrogens (primary N) is 1. The Hall–Kier alpha value is -1.23. The lowest BCUT2D eigenvalue weighted by atomic mass is 10.3. The van der Waals surface area contributed by atoms with Crippen molar-refractivity contribution in [3.8, 4) is 5.88 Å². The molecule has 0 radical (unpaired) electrons. The Balaban J connectivity index is 1.65. The van der Waals surface area contributed by atoms with Gasteiger partial charge in [-0.05, 0) is 31.1 Å². The molecule has 4 nitrogen and oxygen atoms in total. The first-order valence-corrected chi connectivity index (χ1v) is 6.57. The number of rotatable bonds is 6. The Labute approximate surface area is 106 Å². The zero-order chi connectivity index (χ0) is 12.5. The molecule has 2 N–H and O–H groups in total. The normalized spacial score (nSPS) is 26.1. The van der Waals surface area contributed by atoms with E-state index < -0.39 is 0 Å². The molecule has 2 fully saturated rings. The molecule has 2 aliphatic carbocycles. The predicted molar refractivity (Wildman–Crippen MR) is 65.0 cm³/mol. The fourth-order valence-electron chi connectivity index (χ4n) is 2.09. The van der Waals surface area contributed by atoms with Crippen molar-refractivity contribution in [2.45, 2.75) is 31.7 Å². The Morgan fingerprint density at radius 3 is 2.78 bits per heavy atom. The summed E-state index contributed by atoms with van der Waals surface area (Å²) in [6.07, 6.45) is 3.24. The van der Waals surface area contributed by atoms with E-state index in [2.05, 4.69) is 9.97 Å². The van der Waals surface area contributed by atoms with Gasteiger partial charge in [-0.3, -0.25) is 4.39 Å². The average molecular weight is 251 g/mol. The Kier molecular flexibility index (Phi) is 3.16. The van der Waals surface area contributed by atoms with Crippen LogP contribution in [0.4, 0.5) is 4.39 Å². The van der Waals surface area contributed by atoms with Crippen LogP contribution in [-0.2, 0) is 6.54 Å². The summed E-state index contributed by atoms with van der Waals surface area (Å²) in [7, 11) is 0. The van der Waals surface area contributed by atoms with Crippen LogP contribution < -0.4 is 10.5 Å². The maximum Gasteiger partial charge on any atom is 0.216 e. The lowest BCUT2D eigenvalue weighted by Crippen LogP contribution is -2.08. The van der Waals surface area contributed by atoms with E-state index in [1.165, 1.54) is 0 Å². The monoisotopic (exact) mass is 251 g/mol. The molecule has 18 heavy (non-hydrogen) atoms. The number of halogens is 1. The number of alkyl halides is 1. The minimum absolute atomic E-state index is 0.198. The molecule has 0 saturated heterocycles. The highest BCUT2D eigenvalue weighted by molar-refractivity contribution is 5.20. The predicted octanol–water partition coefficient (Wildman–Crippen LogP) is 1.80. The molecule has 3 rings (SSSR count). The van der Waals surface area contributed by atoms with Crippen molar-refractivity contribution in [1.29, 1.82) is 0 Å². The van der Waals surface area contributed by atoms with Gasteiger partial charge in [0.2, 0.25) is 5.88 Å². The van der Waals surface area contributed by atoms with Gasteiger partial charge in [-0.2, -0.15) is 4.98 Å². The second kappa shape index (κ2) is 4.80. The molecule has 0 amide bonds. The molecule has 0 bridgehead atoms. The number of nitrogens with zero attached hydrogens (tertiary/aromatic N) is 2. The van der Waals surface area contributed by atoms with Gasteiger partial charge in [0.15, 0.2) is 0 Å². The molecule has 0 spiro atoms. The van der Waals surface area contributed by atoms with E-state index in [1.54, 1.807) is 6.07 Å². The van der Waals surface area contributed by atoms with E-state index in [4.69, 9.17) is 10.5 Å². The standard InChI is InChI=1S/C13H18FN3O/c14-5-9-3-10(9)7-18-12-4-11(6-15)16-13(17-12)8-1-2-8/h4,8-10H,1-3,5-7,15H2. The molecule has 2 unspecified atom stereocenters. The van der Waals surface area contributed by atoms with Crippen LogP contribution in [0.5, 0.6) is 5.88 Å². The zero-order valence-electron chi connectivity index (χ0n) is 10.3. The maximum absolute atomic E-state index is 12.4. The van der Waals surface area contributed by atoms with Crippen molar-refractivity contribution >= 4 is 0 Å². The Morgan fingerprint density at radius 1 is 1.33 bits per heavy atom. The minimum Gasteiger partial charge on any atom is -0.477 e. The van der Waals surface area contributed by atoms with Crippen LogP contribution in [0.15, 0.2) is 6.07 Å². The largest absolute Gasteiger partial charge is 0.477 e. The van der Waals surface area contributed by atoms with Crippen molar-refractivity contribution < 1.29 is 9.13 Å². The van der Waals surface area contributed by atoms with Gasteiger partial charge in [0.1, 0.15) is 5.82 Å². The Bertz CT molecular complexity index is 436. The highest BCUT2D eigenvalue weighted by Crippen LogP contribution is 2.40. The second-order valence-corrected chi connectivity index (χ2v) is 5.26. The number of aromatic nitrogens is 2. The summed E-state index contributed by atoms with van der Waals surface area (Å²) in [6.45, 7) is 0.716. The minimum atomic E-state index is -0.237. The first-order valence-electron chi connectivity index (χ1n) is 6.57. The molecule has 0 aromatic carbocycles. The van der Waals surface area contributed by atoms with E-state index in [-0.39, 0.29) is 12.6 Å². The molecule has 1 aromatic rings. The second-order valence-electron chi connectivity index (χ2n) is 5.26. The lowest BCUT2D eigenvalue weighted by molar-refractivity contribution is 0.272. The van der Waals surface area contributed by atoms with E-state index in [9.17, 15) is 4.39 Å². The third-order valence-electron chi connectivity index (χ3n) is 3.64. The topological polar surface area (TPSA) is 61.0 Å². The SMILES string of the molecule is NCc1cc(OCC2CC2CF)nc(C2CC2)n1. The van der Waals surface area contributed by atoms with Gasteiger partial charge < -0.3 is 10.5 Å². The fraction of sp³-hybridized carbons (Fsp3) is 0.692. The molecule has 1 heterocycles. The maximum atomic E-state index is 12.4. The molecule has 98 valence electrons. The van der Waals surface area contributed by atoms with E-state index in [0.29, 0.717) is 30.9 Å². The summed E-state index contributed by atoms with van der Waals surface area (Å²) in [5.74, 6) is 2.49. The highest BCUT2D eigenvalue weighted by Gasteiger charge is 2.37. The zero-order valence-corrected chi connectivity index (χ0v) is 10.3. The van der Waals surface area contributed by atoms with Crippen molar-refractivity contribution in [3.63, 3.8) is 0 Å². The fourth-order valence-corrected chi connectivity index (χ4v) is 2.09. The first kappa shape index (κ1) is 11.8. The Morgan fingerprint density at radius 2 is 2.17 bits per heavy atom. The van der Waals surface area contributed by atoms with Gasteiger partial charge in [0.05, 0.1) is 19.0 Å². The molecular weight excluding hydrogens is 233 g/mol. The van der Waals surface area contributed by atoms with Crippen LogP contribution in [0.1, 0.15) is 36.7 Å². The molecule has 2 atom stereocenters. The third kappa shape index (κ3) is 2.61. The average Bonchev–Trinajstić information content (AvgIpc) is 3.29. The number of hydrogen-bond acceptors (Lipinski definition) is 4. The summed E-state index contributed by atoms with van der Waals surface area (Å²) in [6, 6.07) is 1.79. The molecule has 1 aromatic heterocycles. The molecule has 5 heteroatoms. The van der Waals surface area contributed by atoms with Gasteiger partial charge in [0, 0.05) is 18.5 Å². The summed E-state index contributed by atoms with van der Waals surface area (Å²) >= 11 is 0.